The standard InChI is InChI=1S/C15H18BrNOS/c1-9-10(6-7-18-9)14(17-2)12-8-19-15-11(12)4-3-5-13(15)16/h3-5,8-10,14,17H,6-7H2,1-2H3. The van der Waals surface area contributed by atoms with Gasteiger partial charge < -0.3 is 10.1 Å². The second-order valence-electron chi connectivity index (χ2n) is 5.10. The van der Waals surface area contributed by atoms with Gasteiger partial charge in [-0.25, -0.2) is 0 Å². The van der Waals surface area contributed by atoms with Crippen molar-refractivity contribution in [1.29, 1.82) is 0 Å². The second kappa shape index (κ2) is 5.52. The Morgan fingerprint density at radius 1 is 1.47 bits per heavy atom. The summed E-state index contributed by atoms with van der Waals surface area (Å²) in [6, 6.07) is 6.82. The molecule has 1 aliphatic heterocycles. The molecule has 3 unspecified atom stereocenters. The highest BCUT2D eigenvalue weighted by Gasteiger charge is 2.33. The number of benzene rings is 1. The van der Waals surface area contributed by atoms with Gasteiger partial charge >= 0.3 is 0 Å². The Morgan fingerprint density at radius 3 is 3.00 bits per heavy atom. The maximum atomic E-state index is 5.74. The quantitative estimate of drug-likeness (QED) is 0.897. The van der Waals surface area contributed by atoms with Gasteiger partial charge in [0.15, 0.2) is 0 Å². The Labute approximate surface area is 126 Å². The first-order chi connectivity index (χ1) is 9.22. The van der Waals surface area contributed by atoms with Gasteiger partial charge in [-0.05, 0) is 58.7 Å². The minimum atomic E-state index is 0.333. The molecule has 1 aliphatic rings. The molecule has 4 heteroatoms. The van der Waals surface area contributed by atoms with E-state index in [2.05, 4.69) is 58.8 Å². The van der Waals surface area contributed by atoms with E-state index in [0.29, 0.717) is 18.1 Å². The number of rotatable bonds is 3. The van der Waals surface area contributed by atoms with Gasteiger partial charge in [-0.2, -0.15) is 0 Å². The molecule has 0 spiro atoms. The molecule has 0 aliphatic carbocycles. The lowest BCUT2D eigenvalue weighted by Gasteiger charge is -2.25. The molecule has 3 atom stereocenters. The van der Waals surface area contributed by atoms with Gasteiger partial charge in [0.05, 0.1) is 6.10 Å². The number of ether oxygens (including phenoxy) is 1. The molecule has 0 radical (unpaired) electrons. The number of thiophene rings is 1. The van der Waals surface area contributed by atoms with E-state index in [1.54, 1.807) is 0 Å². The van der Waals surface area contributed by atoms with Crippen molar-refractivity contribution in [2.24, 2.45) is 5.92 Å². The normalized spacial score (nSPS) is 25.0. The third-order valence-electron chi connectivity index (χ3n) is 4.09. The van der Waals surface area contributed by atoms with E-state index in [1.807, 2.05) is 11.3 Å². The van der Waals surface area contributed by atoms with Crippen LogP contribution in [0.25, 0.3) is 10.1 Å². The molecule has 0 saturated carbocycles. The molecule has 102 valence electrons. The Morgan fingerprint density at radius 2 is 2.32 bits per heavy atom. The summed E-state index contributed by atoms with van der Waals surface area (Å²) in [6.07, 6.45) is 1.47. The van der Waals surface area contributed by atoms with E-state index >= 15 is 0 Å². The number of hydrogen-bond acceptors (Lipinski definition) is 3. The van der Waals surface area contributed by atoms with Crippen molar-refractivity contribution in [3.05, 3.63) is 33.6 Å². The zero-order valence-corrected chi connectivity index (χ0v) is 13.6. The average Bonchev–Trinajstić information content (AvgIpc) is 3.00. The largest absolute Gasteiger partial charge is 0.378 e. The second-order valence-corrected chi connectivity index (χ2v) is 6.84. The predicted molar refractivity (Wildman–Crippen MR) is 84.8 cm³/mol. The van der Waals surface area contributed by atoms with Crippen molar-refractivity contribution >= 4 is 37.4 Å². The lowest BCUT2D eigenvalue weighted by Crippen LogP contribution is -2.29. The first kappa shape index (κ1) is 13.6. The van der Waals surface area contributed by atoms with Gasteiger partial charge in [-0.3, -0.25) is 0 Å². The molecule has 1 aromatic carbocycles. The average molecular weight is 340 g/mol. The van der Waals surface area contributed by atoms with Crippen LogP contribution in [0.2, 0.25) is 0 Å². The molecule has 1 N–H and O–H groups in total. The molecule has 2 heterocycles. The highest BCUT2D eigenvalue weighted by atomic mass is 79.9. The fourth-order valence-electron chi connectivity index (χ4n) is 3.07. The van der Waals surface area contributed by atoms with E-state index in [9.17, 15) is 0 Å². The molecule has 1 saturated heterocycles. The van der Waals surface area contributed by atoms with Crippen molar-refractivity contribution in [2.75, 3.05) is 13.7 Å². The SMILES string of the molecule is CNC(c1csc2c(Br)cccc12)C1CCOC1C. The van der Waals surface area contributed by atoms with Crippen LogP contribution in [-0.2, 0) is 4.74 Å². The van der Waals surface area contributed by atoms with E-state index in [-0.39, 0.29) is 0 Å². The van der Waals surface area contributed by atoms with Crippen LogP contribution in [0.1, 0.15) is 24.9 Å². The third-order valence-corrected chi connectivity index (χ3v) is 6.06. The Kier molecular flexibility index (Phi) is 3.94. The number of nitrogens with one attached hydrogen (secondary N) is 1. The van der Waals surface area contributed by atoms with Gasteiger partial charge in [-0.1, -0.05) is 12.1 Å². The maximum absolute atomic E-state index is 5.74. The predicted octanol–water partition coefficient (Wildman–Crippen LogP) is 4.35. The van der Waals surface area contributed by atoms with Crippen molar-refractivity contribution in [3.63, 3.8) is 0 Å². The summed E-state index contributed by atoms with van der Waals surface area (Å²) in [5.74, 6) is 0.557. The van der Waals surface area contributed by atoms with Crippen molar-refractivity contribution in [1.82, 2.24) is 5.32 Å². The van der Waals surface area contributed by atoms with E-state index in [0.717, 1.165) is 13.0 Å². The molecule has 3 rings (SSSR count). The molecule has 19 heavy (non-hydrogen) atoms. The van der Waals surface area contributed by atoms with Crippen LogP contribution in [0.5, 0.6) is 0 Å². The first-order valence-corrected chi connectivity index (χ1v) is 8.34. The lowest BCUT2D eigenvalue weighted by atomic mass is 9.88. The molecular weight excluding hydrogens is 322 g/mol. The van der Waals surface area contributed by atoms with Crippen LogP contribution in [-0.4, -0.2) is 19.8 Å². The van der Waals surface area contributed by atoms with Crippen LogP contribution < -0.4 is 5.32 Å². The van der Waals surface area contributed by atoms with Crippen LogP contribution in [0, 0.1) is 5.92 Å². The number of fused-ring (bicyclic) bond motifs is 1. The highest BCUT2D eigenvalue weighted by Crippen LogP contribution is 2.40. The van der Waals surface area contributed by atoms with Gasteiger partial charge in [0.2, 0.25) is 0 Å². The van der Waals surface area contributed by atoms with Crippen molar-refractivity contribution in [2.45, 2.75) is 25.5 Å². The monoisotopic (exact) mass is 339 g/mol. The summed E-state index contributed by atoms with van der Waals surface area (Å²) >= 11 is 5.46. The molecular formula is C15H18BrNOS. The van der Waals surface area contributed by atoms with E-state index < -0.39 is 0 Å². The van der Waals surface area contributed by atoms with Crippen molar-refractivity contribution in [3.8, 4) is 0 Å². The summed E-state index contributed by atoms with van der Waals surface area (Å²) in [5.41, 5.74) is 1.41. The zero-order valence-electron chi connectivity index (χ0n) is 11.2. The van der Waals surface area contributed by atoms with E-state index in [4.69, 9.17) is 4.74 Å². The van der Waals surface area contributed by atoms with Gasteiger partial charge in [-0.15, -0.1) is 11.3 Å². The highest BCUT2D eigenvalue weighted by molar-refractivity contribution is 9.10. The van der Waals surface area contributed by atoms with Gasteiger partial charge in [0, 0.05) is 27.7 Å². The zero-order chi connectivity index (χ0) is 13.4. The third kappa shape index (κ3) is 2.35. The summed E-state index contributed by atoms with van der Waals surface area (Å²) in [5, 5.41) is 7.15. The summed E-state index contributed by atoms with van der Waals surface area (Å²) in [4.78, 5) is 0. The molecule has 0 bridgehead atoms. The smallest absolute Gasteiger partial charge is 0.0594 e. The maximum Gasteiger partial charge on any atom is 0.0594 e. The minimum Gasteiger partial charge on any atom is -0.378 e. The van der Waals surface area contributed by atoms with Crippen LogP contribution in [0.3, 0.4) is 0 Å². The lowest BCUT2D eigenvalue weighted by molar-refractivity contribution is 0.0965. The summed E-state index contributed by atoms with van der Waals surface area (Å²) in [7, 11) is 2.05. The molecule has 2 aromatic rings. The Hall–Kier alpha value is -0.420. The fraction of sp³-hybridized carbons (Fsp3) is 0.467. The number of halogens is 1. The fourth-order valence-corrected chi connectivity index (χ4v) is 4.73. The first-order valence-electron chi connectivity index (χ1n) is 6.67. The minimum absolute atomic E-state index is 0.333. The molecule has 0 amide bonds. The summed E-state index contributed by atoms with van der Waals surface area (Å²) in [6.45, 7) is 3.07. The molecule has 1 aromatic heterocycles. The Bertz CT molecular complexity index is 583. The number of hydrogen-bond donors (Lipinski definition) is 1. The van der Waals surface area contributed by atoms with Crippen molar-refractivity contribution < 1.29 is 4.74 Å². The molecule has 1 fully saturated rings. The van der Waals surface area contributed by atoms with Crippen LogP contribution >= 0.6 is 27.3 Å². The topological polar surface area (TPSA) is 21.3 Å². The van der Waals surface area contributed by atoms with Crippen LogP contribution in [0.4, 0.5) is 0 Å². The molecule has 2 nitrogen and oxygen atoms in total. The van der Waals surface area contributed by atoms with Crippen LogP contribution in [0.15, 0.2) is 28.1 Å². The van der Waals surface area contributed by atoms with E-state index in [1.165, 1.54) is 20.1 Å². The summed E-state index contributed by atoms with van der Waals surface area (Å²) < 4.78 is 8.26. The van der Waals surface area contributed by atoms with Gasteiger partial charge in [0.25, 0.3) is 0 Å². The Balaban J connectivity index is 2.04. The van der Waals surface area contributed by atoms with Gasteiger partial charge in [0.1, 0.15) is 0 Å².